The molecule has 0 aliphatic rings. The summed E-state index contributed by atoms with van der Waals surface area (Å²) in [5.41, 5.74) is -2.01. The Bertz CT molecular complexity index is 520. The third-order valence-corrected chi connectivity index (χ3v) is 4.42. The zero-order valence-corrected chi connectivity index (χ0v) is 18.4. The van der Waals surface area contributed by atoms with Crippen LogP contribution in [0.4, 0.5) is 0 Å². The monoisotopic (exact) mass is 467 g/mol. The van der Waals surface area contributed by atoms with Gasteiger partial charge in [-0.25, -0.2) is 0 Å². The molecule has 0 aromatic rings. The number of aliphatic hydroxyl groups excluding tert-OH is 1. The van der Waals surface area contributed by atoms with Crippen molar-refractivity contribution in [1.29, 1.82) is 0 Å². The molecule has 1 N–H and O–H groups in total. The van der Waals surface area contributed by atoms with E-state index in [-0.39, 0.29) is 69.0 Å². The molecule has 8 nitrogen and oxygen atoms in total. The summed E-state index contributed by atoms with van der Waals surface area (Å²) in [5.74, 6) is -1.97. The Balaban J connectivity index is -0.000000607. The molecular weight excluding hydrogens is 414 g/mol. The standard InChI is InChI=1S/C20H37NO7.4CH4/c1-8-26-17(24)19(3,4)14-20(5,18(25)28-11-9-21(6)7)13-15(2)16(23)27-12-10-22;;;;/h15,22H,8-14H2,1-7H3;4*1H4. The van der Waals surface area contributed by atoms with Gasteiger partial charge in [0.25, 0.3) is 0 Å². The zero-order valence-electron chi connectivity index (χ0n) is 18.4. The molecular formula is C24H53NO7. The van der Waals surface area contributed by atoms with Gasteiger partial charge in [-0.2, -0.15) is 0 Å². The van der Waals surface area contributed by atoms with Gasteiger partial charge in [-0.15, -0.1) is 0 Å². The molecule has 0 saturated carbocycles. The van der Waals surface area contributed by atoms with Crippen LogP contribution in [-0.4, -0.2) is 75.0 Å². The van der Waals surface area contributed by atoms with Gasteiger partial charge in [-0.1, -0.05) is 36.6 Å². The summed E-state index contributed by atoms with van der Waals surface area (Å²) in [6.07, 6.45) is 0.318. The van der Waals surface area contributed by atoms with Gasteiger partial charge in [0, 0.05) is 6.54 Å². The van der Waals surface area contributed by atoms with Crippen LogP contribution in [0.3, 0.4) is 0 Å². The van der Waals surface area contributed by atoms with Crippen LogP contribution in [0.15, 0.2) is 0 Å². The maximum Gasteiger partial charge on any atom is 0.311 e. The van der Waals surface area contributed by atoms with Crippen molar-refractivity contribution in [3.05, 3.63) is 0 Å². The number of esters is 3. The van der Waals surface area contributed by atoms with Crippen LogP contribution in [0.25, 0.3) is 0 Å². The first kappa shape index (κ1) is 40.7. The van der Waals surface area contributed by atoms with Crippen LogP contribution in [0.5, 0.6) is 0 Å². The van der Waals surface area contributed by atoms with Crippen LogP contribution >= 0.6 is 0 Å². The van der Waals surface area contributed by atoms with Crippen molar-refractivity contribution in [3.63, 3.8) is 0 Å². The first-order chi connectivity index (χ1) is 12.9. The fraction of sp³-hybridized carbons (Fsp3) is 0.875. The lowest BCUT2D eigenvalue weighted by atomic mass is 9.70. The number of aliphatic hydroxyl groups is 1. The lowest BCUT2D eigenvalue weighted by molar-refractivity contribution is -0.165. The van der Waals surface area contributed by atoms with Crippen molar-refractivity contribution in [2.24, 2.45) is 16.7 Å². The van der Waals surface area contributed by atoms with E-state index in [2.05, 4.69) is 0 Å². The maximum absolute atomic E-state index is 12.9. The minimum atomic E-state index is -1.08. The van der Waals surface area contributed by atoms with Crippen LogP contribution < -0.4 is 0 Å². The molecule has 0 amide bonds. The SMILES string of the molecule is C.C.C.C.CCOC(=O)C(C)(C)CC(C)(CC(C)C(=O)OCCO)C(=O)OCCN(C)C. The van der Waals surface area contributed by atoms with Gasteiger partial charge in [-0.3, -0.25) is 14.4 Å². The molecule has 0 saturated heterocycles. The van der Waals surface area contributed by atoms with Crippen molar-refractivity contribution < 1.29 is 33.7 Å². The molecule has 0 aliphatic heterocycles. The fourth-order valence-electron chi connectivity index (χ4n) is 3.14. The van der Waals surface area contributed by atoms with Gasteiger partial charge in [0.2, 0.25) is 0 Å². The molecule has 0 fully saturated rings. The molecule has 0 aliphatic carbocycles. The van der Waals surface area contributed by atoms with Gasteiger partial charge in [-0.05, 0) is 54.6 Å². The first-order valence-corrected chi connectivity index (χ1v) is 9.66. The maximum atomic E-state index is 12.9. The molecule has 2 unspecified atom stereocenters. The summed E-state index contributed by atoms with van der Waals surface area (Å²) in [5, 5.41) is 8.82. The van der Waals surface area contributed by atoms with E-state index in [0.717, 1.165) is 0 Å². The van der Waals surface area contributed by atoms with E-state index in [1.807, 2.05) is 19.0 Å². The highest BCUT2D eigenvalue weighted by molar-refractivity contribution is 5.81. The van der Waals surface area contributed by atoms with Crippen LogP contribution in [0.1, 0.15) is 77.2 Å². The average Bonchev–Trinajstić information content (AvgIpc) is 2.58. The van der Waals surface area contributed by atoms with Crippen molar-refractivity contribution in [2.45, 2.75) is 77.2 Å². The predicted octanol–water partition coefficient (Wildman–Crippen LogP) is 4.18. The number of hydrogen-bond donors (Lipinski definition) is 1. The van der Waals surface area contributed by atoms with Crippen molar-refractivity contribution in [1.82, 2.24) is 4.90 Å². The quantitative estimate of drug-likeness (QED) is 0.318. The highest BCUT2D eigenvalue weighted by Gasteiger charge is 2.45. The van der Waals surface area contributed by atoms with E-state index >= 15 is 0 Å². The van der Waals surface area contributed by atoms with Crippen molar-refractivity contribution in [2.75, 3.05) is 47.1 Å². The number of rotatable bonds is 13. The molecule has 0 bridgehead atoms. The minimum absolute atomic E-state index is 0. The number of carbonyl (C=O) groups excluding carboxylic acids is 3. The van der Waals surface area contributed by atoms with Crippen LogP contribution in [0, 0.1) is 16.7 Å². The van der Waals surface area contributed by atoms with Gasteiger partial charge in [0.1, 0.15) is 13.2 Å². The zero-order chi connectivity index (χ0) is 22.0. The number of likely N-dealkylation sites (N-methyl/N-ethyl adjacent to an activating group) is 1. The Morgan fingerprint density at radius 2 is 1.44 bits per heavy atom. The number of ether oxygens (including phenoxy) is 3. The second-order valence-electron chi connectivity index (χ2n) is 8.28. The predicted molar refractivity (Wildman–Crippen MR) is 131 cm³/mol. The van der Waals surface area contributed by atoms with Crippen molar-refractivity contribution in [3.8, 4) is 0 Å². The van der Waals surface area contributed by atoms with E-state index in [1.165, 1.54) is 0 Å². The Hall–Kier alpha value is -1.67. The number of nitrogens with zero attached hydrogens (tertiary/aromatic N) is 1. The molecule has 2 atom stereocenters. The minimum Gasteiger partial charge on any atom is -0.466 e. The molecule has 0 aromatic carbocycles. The third-order valence-electron chi connectivity index (χ3n) is 4.42. The second-order valence-corrected chi connectivity index (χ2v) is 8.28. The van der Waals surface area contributed by atoms with E-state index in [4.69, 9.17) is 19.3 Å². The Kier molecular flexibility index (Phi) is 24.0. The van der Waals surface area contributed by atoms with Crippen LogP contribution in [-0.2, 0) is 28.6 Å². The molecule has 0 aromatic heterocycles. The normalized spacial score (nSPS) is 13.0. The highest BCUT2D eigenvalue weighted by atomic mass is 16.5. The molecule has 0 spiro atoms. The molecule has 0 heterocycles. The third kappa shape index (κ3) is 14.4. The molecule has 8 heteroatoms. The van der Waals surface area contributed by atoms with Gasteiger partial charge >= 0.3 is 17.9 Å². The van der Waals surface area contributed by atoms with Gasteiger partial charge in [0.15, 0.2) is 0 Å². The number of carbonyl (C=O) groups is 3. The summed E-state index contributed by atoms with van der Waals surface area (Å²) >= 11 is 0. The lowest BCUT2D eigenvalue weighted by Crippen LogP contribution is -2.41. The largest absolute Gasteiger partial charge is 0.466 e. The summed E-state index contributed by atoms with van der Waals surface area (Å²) in [7, 11) is 3.74. The Labute approximate surface area is 198 Å². The van der Waals surface area contributed by atoms with Crippen LogP contribution in [0.2, 0.25) is 0 Å². The summed E-state index contributed by atoms with van der Waals surface area (Å²) in [6, 6.07) is 0. The molecule has 196 valence electrons. The molecule has 0 radical (unpaired) electrons. The van der Waals surface area contributed by atoms with E-state index < -0.39 is 34.7 Å². The summed E-state index contributed by atoms with van der Waals surface area (Å²) in [4.78, 5) is 39.2. The number of hydrogen-bond acceptors (Lipinski definition) is 8. The van der Waals surface area contributed by atoms with E-state index in [0.29, 0.717) is 6.54 Å². The molecule has 0 rings (SSSR count). The van der Waals surface area contributed by atoms with Gasteiger partial charge < -0.3 is 24.2 Å². The second kappa shape index (κ2) is 18.9. The highest BCUT2D eigenvalue weighted by Crippen LogP contribution is 2.40. The summed E-state index contributed by atoms with van der Waals surface area (Å²) in [6.45, 7) is 9.17. The first-order valence-electron chi connectivity index (χ1n) is 9.66. The molecule has 32 heavy (non-hydrogen) atoms. The Morgan fingerprint density at radius 1 is 0.906 bits per heavy atom. The lowest BCUT2D eigenvalue weighted by Gasteiger charge is -2.35. The van der Waals surface area contributed by atoms with E-state index in [9.17, 15) is 14.4 Å². The van der Waals surface area contributed by atoms with E-state index in [1.54, 1.807) is 34.6 Å². The summed E-state index contributed by atoms with van der Waals surface area (Å²) < 4.78 is 15.5. The topological polar surface area (TPSA) is 102 Å². The smallest absolute Gasteiger partial charge is 0.311 e. The average molecular weight is 468 g/mol. The fourth-order valence-corrected chi connectivity index (χ4v) is 3.14. The van der Waals surface area contributed by atoms with Gasteiger partial charge in [0.05, 0.1) is 30.0 Å². The van der Waals surface area contributed by atoms with Crippen molar-refractivity contribution >= 4 is 17.9 Å². The Morgan fingerprint density at radius 3 is 1.88 bits per heavy atom.